The average Bonchev–Trinajstić information content (AvgIpc) is 3.36. The third-order valence-electron chi connectivity index (χ3n) is 5.53. The predicted molar refractivity (Wildman–Crippen MR) is 114 cm³/mol. The summed E-state index contributed by atoms with van der Waals surface area (Å²) in [7, 11) is 1.53. The molecule has 2 aromatic carbocycles. The fourth-order valence-electron chi connectivity index (χ4n) is 4.16. The first-order valence-corrected chi connectivity index (χ1v) is 10.1. The molecule has 5 rings (SSSR count). The number of aromatic amines is 1. The SMILES string of the molecule is COCc1nc(NC(=O)CCN2C(=O)c3ccccc3N3C(=O)c4ccccc4C23)n[nH]1. The van der Waals surface area contributed by atoms with E-state index in [2.05, 4.69) is 20.5 Å². The van der Waals surface area contributed by atoms with Gasteiger partial charge < -0.3 is 9.64 Å². The highest BCUT2D eigenvalue weighted by molar-refractivity contribution is 6.16. The molecule has 3 heterocycles. The molecule has 10 nitrogen and oxygen atoms in total. The van der Waals surface area contributed by atoms with Crippen LogP contribution in [0.5, 0.6) is 0 Å². The Bertz CT molecular complexity index is 1220. The Labute approximate surface area is 183 Å². The van der Waals surface area contributed by atoms with Crippen LogP contribution in [0.2, 0.25) is 0 Å². The van der Waals surface area contributed by atoms with Gasteiger partial charge in [-0.3, -0.25) is 29.7 Å². The molecule has 3 amide bonds. The van der Waals surface area contributed by atoms with Crippen LogP contribution in [0.1, 0.15) is 44.7 Å². The standard InChI is InChI=1S/C22H20N6O4/c1-32-12-17-23-22(26-25-17)24-18(29)10-11-27-19-13-6-2-3-7-14(13)21(31)28(19)16-9-5-4-8-15(16)20(27)30/h2-9,19H,10-12H2,1H3,(H2,23,24,25,26,29). The number of anilines is 2. The number of aromatic nitrogens is 3. The van der Waals surface area contributed by atoms with Gasteiger partial charge in [-0.05, 0) is 18.2 Å². The van der Waals surface area contributed by atoms with Crippen molar-refractivity contribution in [1.29, 1.82) is 0 Å². The second kappa shape index (κ2) is 7.89. The molecule has 1 aromatic heterocycles. The van der Waals surface area contributed by atoms with Gasteiger partial charge in [0.05, 0.1) is 11.3 Å². The van der Waals surface area contributed by atoms with Gasteiger partial charge in [-0.25, -0.2) is 0 Å². The second-order valence-electron chi connectivity index (χ2n) is 7.49. The molecule has 0 saturated heterocycles. The summed E-state index contributed by atoms with van der Waals surface area (Å²) in [5.74, 6) is -0.0997. The minimum absolute atomic E-state index is 0.0166. The number of hydrogen-bond acceptors (Lipinski definition) is 6. The number of nitrogens with zero attached hydrogens (tertiary/aromatic N) is 4. The van der Waals surface area contributed by atoms with Gasteiger partial charge in [-0.15, -0.1) is 5.10 Å². The van der Waals surface area contributed by atoms with Gasteiger partial charge in [0.15, 0.2) is 5.82 Å². The molecule has 2 aliphatic rings. The maximum absolute atomic E-state index is 13.3. The fourth-order valence-corrected chi connectivity index (χ4v) is 4.16. The highest BCUT2D eigenvalue weighted by Gasteiger charge is 2.47. The van der Waals surface area contributed by atoms with Gasteiger partial charge in [0, 0.05) is 31.2 Å². The Kier molecular flexibility index (Phi) is 4.91. The van der Waals surface area contributed by atoms with Crippen molar-refractivity contribution in [3.05, 3.63) is 71.0 Å². The van der Waals surface area contributed by atoms with Gasteiger partial charge in [0.25, 0.3) is 11.8 Å². The molecule has 0 saturated carbocycles. The van der Waals surface area contributed by atoms with E-state index in [-0.39, 0.29) is 43.2 Å². The molecular formula is C22H20N6O4. The van der Waals surface area contributed by atoms with Gasteiger partial charge in [-0.2, -0.15) is 4.98 Å². The number of ether oxygens (including phenoxy) is 1. The molecule has 0 spiro atoms. The smallest absolute Gasteiger partial charge is 0.260 e. The molecule has 2 aliphatic heterocycles. The number of hydrogen-bond donors (Lipinski definition) is 2. The largest absolute Gasteiger partial charge is 0.377 e. The molecule has 162 valence electrons. The van der Waals surface area contributed by atoms with Crippen LogP contribution in [0.25, 0.3) is 0 Å². The molecule has 1 unspecified atom stereocenters. The van der Waals surface area contributed by atoms with Crippen LogP contribution in [0.3, 0.4) is 0 Å². The lowest BCUT2D eigenvalue weighted by molar-refractivity contribution is -0.116. The molecule has 3 aromatic rings. The summed E-state index contributed by atoms with van der Waals surface area (Å²) in [4.78, 5) is 46.3. The minimum atomic E-state index is -0.592. The molecule has 0 fully saturated rings. The zero-order chi connectivity index (χ0) is 22.2. The molecule has 32 heavy (non-hydrogen) atoms. The van der Waals surface area contributed by atoms with Crippen molar-refractivity contribution >= 4 is 29.4 Å². The molecule has 10 heteroatoms. The highest BCUT2D eigenvalue weighted by atomic mass is 16.5. The number of amides is 3. The average molecular weight is 432 g/mol. The number of carbonyl (C=O) groups excluding carboxylic acids is 3. The number of H-pyrrole nitrogens is 1. The van der Waals surface area contributed by atoms with Gasteiger partial charge in [0.1, 0.15) is 12.8 Å². The summed E-state index contributed by atoms with van der Waals surface area (Å²) in [6.45, 7) is 0.368. The van der Waals surface area contributed by atoms with Gasteiger partial charge in [-0.1, -0.05) is 30.3 Å². The topological polar surface area (TPSA) is 121 Å². The third-order valence-corrected chi connectivity index (χ3v) is 5.53. The number of para-hydroxylation sites is 1. The van der Waals surface area contributed by atoms with Gasteiger partial charge in [0.2, 0.25) is 11.9 Å². The highest BCUT2D eigenvalue weighted by Crippen LogP contribution is 2.45. The van der Waals surface area contributed by atoms with Crippen LogP contribution in [0.15, 0.2) is 48.5 Å². The van der Waals surface area contributed by atoms with E-state index in [0.29, 0.717) is 22.6 Å². The number of rotatable bonds is 6. The van der Waals surface area contributed by atoms with Crippen molar-refractivity contribution in [3.63, 3.8) is 0 Å². The summed E-state index contributed by atoms with van der Waals surface area (Å²) in [6.07, 6.45) is -0.575. The minimum Gasteiger partial charge on any atom is -0.377 e. The van der Waals surface area contributed by atoms with Crippen molar-refractivity contribution in [1.82, 2.24) is 20.1 Å². The normalized spacial score (nSPS) is 16.6. The van der Waals surface area contributed by atoms with Crippen molar-refractivity contribution in [2.24, 2.45) is 0 Å². The van der Waals surface area contributed by atoms with Crippen molar-refractivity contribution in [2.45, 2.75) is 19.2 Å². The lowest BCUT2D eigenvalue weighted by Gasteiger charge is -2.40. The van der Waals surface area contributed by atoms with Crippen molar-refractivity contribution < 1.29 is 19.1 Å². The lowest BCUT2D eigenvalue weighted by atomic mass is 10.0. The first-order chi connectivity index (χ1) is 15.6. The summed E-state index contributed by atoms with van der Waals surface area (Å²) in [5, 5.41) is 9.21. The number of carbonyl (C=O) groups is 3. The number of nitrogens with one attached hydrogen (secondary N) is 2. The summed E-state index contributed by atoms with van der Waals surface area (Å²) in [5.41, 5.74) is 2.32. The summed E-state index contributed by atoms with van der Waals surface area (Å²) in [6, 6.07) is 14.3. The first kappa shape index (κ1) is 19.9. The van der Waals surface area contributed by atoms with E-state index < -0.39 is 6.17 Å². The van der Waals surface area contributed by atoms with Gasteiger partial charge >= 0.3 is 0 Å². The second-order valence-corrected chi connectivity index (χ2v) is 7.49. The monoisotopic (exact) mass is 432 g/mol. The van der Waals surface area contributed by atoms with Crippen LogP contribution in [-0.4, -0.2) is 51.5 Å². The summed E-state index contributed by atoms with van der Waals surface area (Å²) < 4.78 is 4.97. The predicted octanol–water partition coefficient (Wildman–Crippen LogP) is 2.09. The zero-order valence-corrected chi connectivity index (χ0v) is 17.2. The number of methoxy groups -OCH3 is 1. The van der Waals surface area contributed by atoms with E-state index >= 15 is 0 Å². The maximum Gasteiger partial charge on any atom is 0.260 e. The Balaban J connectivity index is 1.40. The van der Waals surface area contributed by atoms with E-state index in [1.807, 2.05) is 12.1 Å². The van der Waals surface area contributed by atoms with E-state index in [0.717, 1.165) is 5.56 Å². The molecular weight excluding hydrogens is 412 g/mol. The van der Waals surface area contributed by atoms with Crippen molar-refractivity contribution in [3.8, 4) is 0 Å². The molecule has 1 atom stereocenters. The Morgan fingerprint density at radius 1 is 1.09 bits per heavy atom. The van der Waals surface area contributed by atoms with E-state index in [1.54, 1.807) is 46.2 Å². The summed E-state index contributed by atoms with van der Waals surface area (Å²) >= 11 is 0. The van der Waals surface area contributed by atoms with Crippen LogP contribution < -0.4 is 10.2 Å². The lowest BCUT2D eigenvalue weighted by Crippen LogP contribution is -2.49. The molecule has 0 aliphatic carbocycles. The molecule has 0 bridgehead atoms. The van der Waals surface area contributed by atoms with Crippen molar-refractivity contribution in [2.75, 3.05) is 23.9 Å². The zero-order valence-electron chi connectivity index (χ0n) is 17.2. The Morgan fingerprint density at radius 3 is 2.66 bits per heavy atom. The van der Waals surface area contributed by atoms with E-state index in [9.17, 15) is 14.4 Å². The Morgan fingerprint density at radius 2 is 1.84 bits per heavy atom. The first-order valence-electron chi connectivity index (χ1n) is 10.1. The number of benzene rings is 2. The quantitative estimate of drug-likeness (QED) is 0.615. The van der Waals surface area contributed by atoms with E-state index in [1.165, 1.54) is 7.11 Å². The fraction of sp³-hybridized carbons (Fsp3) is 0.227. The van der Waals surface area contributed by atoms with Crippen LogP contribution >= 0.6 is 0 Å². The third kappa shape index (κ3) is 3.21. The van der Waals surface area contributed by atoms with E-state index in [4.69, 9.17) is 4.74 Å². The maximum atomic E-state index is 13.3. The van der Waals surface area contributed by atoms with Crippen LogP contribution in [0, 0.1) is 0 Å². The number of fused-ring (bicyclic) bond motifs is 5. The van der Waals surface area contributed by atoms with Crippen LogP contribution in [0.4, 0.5) is 11.6 Å². The Hall–Kier alpha value is -4.05. The van der Waals surface area contributed by atoms with Crippen LogP contribution in [-0.2, 0) is 16.1 Å². The molecule has 0 radical (unpaired) electrons. The molecule has 2 N–H and O–H groups in total.